The molecule has 4 fully saturated rings. The van der Waals surface area contributed by atoms with Gasteiger partial charge in [-0.05, 0) is 241 Å². The Bertz CT molecular complexity index is 3930. The summed E-state index contributed by atoms with van der Waals surface area (Å²) in [5.74, 6) is 0.105. The number of aryl methyl sites for hydroxylation is 1. The average Bonchev–Trinajstić information content (AvgIpc) is 1.43. The van der Waals surface area contributed by atoms with E-state index in [1.165, 1.54) is 74.9 Å². The number of ether oxygens (including phenoxy) is 1. The summed E-state index contributed by atoms with van der Waals surface area (Å²) in [6, 6.07) is 46.2. The monoisotopic (exact) mass is 1240 g/mol. The van der Waals surface area contributed by atoms with E-state index in [1.54, 1.807) is 30.4 Å². The second-order valence-electron chi connectivity index (χ2n) is 31.7. The van der Waals surface area contributed by atoms with Gasteiger partial charge in [-0.1, -0.05) is 197 Å². The van der Waals surface area contributed by atoms with Crippen LogP contribution in [-0.4, -0.2) is 57.4 Å². The molecule has 0 radical (unpaired) electrons. The Morgan fingerprint density at radius 2 is 1.49 bits per heavy atom. The van der Waals surface area contributed by atoms with E-state index in [9.17, 15) is 30.3 Å². The molecule has 0 amide bonds. The number of hydrogen-bond donors (Lipinski definition) is 5. The van der Waals surface area contributed by atoms with Gasteiger partial charge in [0, 0.05) is 40.6 Å². The largest absolute Gasteiger partial charge is 0.516 e. The molecular formula is C86H100O7. The average molecular weight is 1250 g/mol. The normalized spacial score (nSPS) is 34.2. The number of rotatable bonds is 19. The predicted octanol–water partition coefficient (Wildman–Crippen LogP) is 17.1. The molecule has 10 aliphatic rings. The topological polar surface area (TPSA) is 127 Å². The summed E-state index contributed by atoms with van der Waals surface area (Å²) in [6.07, 6.45) is 32.2. The highest BCUT2D eigenvalue weighted by Gasteiger charge is 2.78. The Morgan fingerprint density at radius 1 is 0.763 bits per heavy atom. The highest BCUT2D eigenvalue weighted by Crippen LogP contribution is 2.84. The first-order chi connectivity index (χ1) is 45.1. The van der Waals surface area contributed by atoms with E-state index >= 15 is 0 Å². The number of allylic oxidation sites excluding steroid dienone is 9. The molecule has 15 rings (SSSR count). The van der Waals surface area contributed by atoms with E-state index in [1.807, 2.05) is 12.1 Å². The predicted molar refractivity (Wildman–Crippen MR) is 372 cm³/mol. The van der Waals surface area contributed by atoms with E-state index in [4.69, 9.17) is 4.74 Å². The molecule has 0 aromatic heterocycles. The molecule has 0 unspecified atom stereocenters. The van der Waals surface area contributed by atoms with Gasteiger partial charge in [-0.2, -0.15) is 0 Å². The third kappa shape index (κ3) is 10.1. The molecule has 5 N–H and O–H groups in total. The van der Waals surface area contributed by atoms with Gasteiger partial charge in [-0.25, -0.2) is 0 Å². The zero-order valence-corrected chi connectivity index (χ0v) is 55.6. The van der Waals surface area contributed by atoms with Gasteiger partial charge in [-0.3, -0.25) is 4.79 Å². The lowest BCUT2D eigenvalue weighted by Gasteiger charge is -2.75. The number of carboxylic acid groups (broad SMARTS) is 1. The van der Waals surface area contributed by atoms with Crippen LogP contribution in [0.4, 0.5) is 0 Å². The first kappa shape index (κ1) is 62.6. The van der Waals surface area contributed by atoms with Crippen LogP contribution in [0.1, 0.15) is 165 Å². The van der Waals surface area contributed by atoms with Crippen LogP contribution in [0.15, 0.2) is 186 Å². The van der Waals surface area contributed by atoms with Crippen molar-refractivity contribution in [1.82, 2.24) is 0 Å². The van der Waals surface area contributed by atoms with Crippen molar-refractivity contribution in [2.24, 2.45) is 80.3 Å². The highest BCUT2D eigenvalue weighted by molar-refractivity contribution is 5.84. The maximum atomic E-state index is 14.6. The second kappa shape index (κ2) is 24.6. The Labute approximate surface area is 552 Å². The summed E-state index contributed by atoms with van der Waals surface area (Å²) in [5.41, 5.74) is 13.6. The minimum atomic E-state index is -0.822. The van der Waals surface area contributed by atoms with Crippen LogP contribution in [0.5, 0.6) is 5.75 Å². The van der Waals surface area contributed by atoms with Gasteiger partial charge < -0.3 is 30.3 Å². The lowest BCUT2D eigenvalue weighted by atomic mass is 9.28. The molecular weight excluding hydrogens is 1140 g/mol. The van der Waals surface area contributed by atoms with Gasteiger partial charge in [0.25, 0.3) is 0 Å². The lowest BCUT2D eigenvalue weighted by molar-refractivity contribution is -0.182. The standard InChI is InChI=1S/C86H100O7/c1-54(58-18-9-6-10-19-58)63(53-87)32-39-71(80(91)92)79-76(89)52-85(64-33-28-61(29-34-64)67(38-25-55-15-7-5-8-16-55)60-26-23-56(24-27-60)42-46-93-4)75-51-84-44-14-43-82(2)77(90)49-65-35-40-70-68-21-11-12-22-69(68)72(48-57-17-13-20-62(47-57)59-30-36-66(88)37-31-59)73(50-84)78(70)86(65,81(82)84)74(75)41-45-83(79,85)3/h5,7-8,11-17,20-24,26-27,30-31,35-37,40,44,47,50,53-54,58,61,64-65,67,71,76-79,81,87-90H,6,9-10,18-19,25,28-29,32-34,38-39,41-43,45-46,48-49,51-52H2,1-4H3,(H,91,92)/b63-53+/t54-,61?,64?,65+,67-,71+,76+,77-,78+,79-,81+,82+,83+,84+,85+,86+/m0/s1. The number of aliphatic hydroxyl groups excluding tert-OH is 3. The molecule has 5 aromatic rings. The van der Waals surface area contributed by atoms with Gasteiger partial charge in [0.05, 0.1) is 31.0 Å². The number of methoxy groups -OCH3 is 1. The van der Waals surface area contributed by atoms with Crippen molar-refractivity contribution in [1.29, 1.82) is 0 Å². The Kier molecular flexibility index (Phi) is 16.6. The lowest BCUT2D eigenvalue weighted by Crippen LogP contribution is -2.71. The van der Waals surface area contributed by atoms with Crippen molar-refractivity contribution in [2.45, 2.75) is 174 Å². The van der Waals surface area contributed by atoms with E-state index in [-0.39, 0.29) is 40.8 Å². The van der Waals surface area contributed by atoms with Crippen LogP contribution in [0.2, 0.25) is 0 Å². The number of aliphatic hydroxyl groups is 3. The van der Waals surface area contributed by atoms with Crippen molar-refractivity contribution >= 4 is 17.1 Å². The molecule has 4 saturated carbocycles. The molecule has 10 aliphatic carbocycles. The third-order valence-electron chi connectivity index (χ3n) is 27.7. The minimum Gasteiger partial charge on any atom is -0.516 e. The summed E-state index contributed by atoms with van der Waals surface area (Å²) >= 11 is 0. The van der Waals surface area contributed by atoms with Crippen molar-refractivity contribution in [2.75, 3.05) is 13.7 Å². The van der Waals surface area contributed by atoms with E-state index in [0.29, 0.717) is 50.0 Å². The molecule has 7 heteroatoms. The summed E-state index contributed by atoms with van der Waals surface area (Å²) in [4.78, 5) is 14.6. The minimum absolute atomic E-state index is 0.0339. The number of phenolic OH excluding ortho intramolecular Hbond substituents is 1. The number of phenols is 1. The smallest absolute Gasteiger partial charge is 0.306 e. The Hall–Kier alpha value is -6.51. The Morgan fingerprint density at radius 3 is 2.24 bits per heavy atom. The van der Waals surface area contributed by atoms with Crippen LogP contribution >= 0.6 is 0 Å². The van der Waals surface area contributed by atoms with Crippen LogP contribution in [0.3, 0.4) is 0 Å². The van der Waals surface area contributed by atoms with Crippen molar-refractivity contribution in [3.05, 3.63) is 219 Å². The molecule has 0 heterocycles. The van der Waals surface area contributed by atoms with Gasteiger partial charge in [0.2, 0.25) is 0 Å². The van der Waals surface area contributed by atoms with Gasteiger partial charge in [0.1, 0.15) is 5.75 Å². The van der Waals surface area contributed by atoms with Gasteiger partial charge in [-0.15, -0.1) is 0 Å². The molecule has 14 atom stereocenters. The molecule has 1 spiro atoms. The number of carboxylic acids is 1. The fourth-order valence-corrected chi connectivity index (χ4v) is 23.7. The number of fused-ring (bicyclic) bond motifs is 3. The quantitative estimate of drug-likeness (QED) is 0.0412. The van der Waals surface area contributed by atoms with Gasteiger partial charge >= 0.3 is 5.97 Å². The van der Waals surface area contributed by atoms with Crippen molar-refractivity contribution in [3.8, 4) is 16.9 Å². The SMILES string of the molecule is COCCc1ccc([C@H](CCc2ccccc2)C2CCC([C@@]34C[C@@H](O)[C@H]([C@@H](CC/C(=C\O)[C@@H](C)C5CCCCC5)C(=O)O)[C@@]3(C)CCC3=C4C[C@@]45C=CC[C@]6(C)[C@@H](O)C[C@H]7C=CC8=c9ccccc9=C(Cc9cccc(-c%10ccc(O)cc%10)c9)C(=C4)[C@@H]8[C@]37[C@@H]56)CC2)cc1. The molecule has 93 heavy (non-hydrogen) atoms. The van der Waals surface area contributed by atoms with E-state index in [0.717, 1.165) is 107 Å². The van der Waals surface area contributed by atoms with E-state index in [2.05, 4.69) is 154 Å². The summed E-state index contributed by atoms with van der Waals surface area (Å²) in [6.45, 7) is 7.88. The number of hydrogen-bond acceptors (Lipinski definition) is 6. The zero-order valence-electron chi connectivity index (χ0n) is 55.6. The highest BCUT2D eigenvalue weighted by atomic mass is 16.5. The molecule has 0 aliphatic heterocycles. The zero-order chi connectivity index (χ0) is 64.0. The van der Waals surface area contributed by atoms with E-state index < -0.39 is 51.7 Å². The summed E-state index contributed by atoms with van der Waals surface area (Å²) in [7, 11) is 1.78. The molecule has 5 aromatic carbocycles. The fourth-order valence-electron chi connectivity index (χ4n) is 23.7. The first-order valence-electron chi connectivity index (χ1n) is 36.2. The van der Waals surface area contributed by atoms with Crippen LogP contribution < -0.4 is 10.4 Å². The third-order valence-corrected chi connectivity index (χ3v) is 27.7. The fraction of sp³-hybridized carbons (Fsp3) is 0.500. The molecule has 486 valence electrons. The first-order valence-corrected chi connectivity index (χ1v) is 36.2. The number of aliphatic carboxylic acids is 1. The van der Waals surface area contributed by atoms with Crippen molar-refractivity contribution in [3.63, 3.8) is 0 Å². The molecule has 7 nitrogen and oxygen atoms in total. The van der Waals surface area contributed by atoms with Crippen LogP contribution in [0, 0.1) is 80.3 Å². The van der Waals surface area contributed by atoms with Crippen LogP contribution in [0.25, 0.3) is 22.3 Å². The van der Waals surface area contributed by atoms with Crippen LogP contribution in [-0.2, 0) is 28.8 Å². The molecule has 2 bridgehead atoms. The number of aromatic hydroxyl groups is 1. The molecule has 0 saturated heterocycles. The van der Waals surface area contributed by atoms with Crippen molar-refractivity contribution < 1.29 is 35.1 Å². The maximum absolute atomic E-state index is 14.6. The number of benzene rings is 5. The summed E-state index contributed by atoms with van der Waals surface area (Å²) < 4.78 is 5.51. The Balaban J connectivity index is 0.883. The maximum Gasteiger partial charge on any atom is 0.306 e. The number of carbonyl (C=O) groups is 1. The second-order valence-corrected chi connectivity index (χ2v) is 31.7. The summed E-state index contributed by atoms with van der Waals surface area (Å²) in [5, 5.41) is 62.6. The van der Waals surface area contributed by atoms with Gasteiger partial charge in [0.15, 0.2) is 0 Å².